The molecule has 31 heavy (non-hydrogen) atoms. The average molecular weight is 426 g/mol. The Kier molecular flexibility index (Phi) is 7.04. The molecule has 1 aromatic carbocycles. The molecule has 0 bridgehead atoms. The first-order valence-electron chi connectivity index (χ1n) is 11.1. The minimum absolute atomic E-state index is 0.0451. The van der Waals surface area contributed by atoms with E-state index >= 15 is 0 Å². The van der Waals surface area contributed by atoms with Gasteiger partial charge >= 0.3 is 0 Å². The van der Waals surface area contributed by atoms with Gasteiger partial charge in [0.25, 0.3) is 5.91 Å². The van der Waals surface area contributed by atoms with Crippen LogP contribution in [0.25, 0.3) is 0 Å². The molecule has 2 heterocycles. The molecule has 0 spiro atoms. The van der Waals surface area contributed by atoms with Crippen LogP contribution in [0, 0.1) is 6.92 Å². The number of fused-ring (bicyclic) bond motifs is 1. The number of benzene rings is 1. The SMILES string of the molecule is Cc1ccc(OCC(O)CNC2CCC(NC(=O)C3Cc4ccncc4O3)CC2)cc1. The van der Waals surface area contributed by atoms with Gasteiger partial charge in [0, 0.05) is 36.8 Å². The number of ether oxygens (including phenoxy) is 2. The van der Waals surface area contributed by atoms with Crippen LogP contribution in [0.1, 0.15) is 36.8 Å². The topological polar surface area (TPSA) is 92.7 Å². The normalized spacial score (nSPS) is 23.5. The van der Waals surface area contributed by atoms with Gasteiger partial charge < -0.3 is 25.2 Å². The number of aliphatic hydroxyl groups is 1. The quantitative estimate of drug-likeness (QED) is 0.600. The van der Waals surface area contributed by atoms with Crippen LogP contribution in [0.3, 0.4) is 0 Å². The Balaban J connectivity index is 1.12. The van der Waals surface area contributed by atoms with Crippen molar-refractivity contribution in [3.05, 3.63) is 53.9 Å². The molecule has 3 N–H and O–H groups in total. The van der Waals surface area contributed by atoms with Crippen molar-refractivity contribution in [2.45, 2.75) is 63.3 Å². The van der Waals surface area contributed by atoms with Gasteiger partial charge in [-0.05, 0) is 50.8 Å². The maximum atomic E-state index is 12.6. The van der Waals surface area contributed by atoms with Crippen molar-refractivity contribution >= 4 is 5.91 Å². The van der Waals surface area contributed by atoms with E-state index in [0.29, 0.717) is 24.8 Å². The number of nitrogens with zero attached hydrogens (tertiary/aromatic N) is 1. The third kappa shape index (κ3) is 5.95. The van der Waals surface area contributed by atoms with Gasteiger partial charge in [-0.3, -0.25) is 9.78 Å². The lowest BCUT2D eigenvalue weighted by atomic mass is 9.91. The summed E-state index contributed by atoms with van der Waals surface area (Å²) in [5.41, 5.74) is 2.22. The minimum Gasteiger partial charge on any atom is -0.491 e. The number of aliphatic hydroxyl groups excluding tert-OH is 1. The van der Waals surface area contributed by atoms with Crippen molar-refractivity contribution in [3.8, 4) is 11.5 Å². The number of amides is 1. The summed E-state index contributed by atoms with van der Waals surface area (Å²) in [6, 6.07) is 10.2. The summed E-state index contributed by atoms with van der Waals surface area (Å²) in [5, 5.41) is 16.8. The molecule has 7 nitrogen and oxygen atoms in total. The second-order valence-electron chi connectivity index (χ2n) is 8.54. The molecule has 1 saturated carbocycles. The van der Waals surface area contributed by atoms with Crippen LogP contribution in [0.2, 0.25) is 0 Å². The van der Waals surface area contributed by atoms with E-state index in [2.05, 4.69) is 15.6 Å². The number of nitrogens with one attached hydrogen (secondary N) is 2. The van der Waals surface area contributed by atoms with Crippen LogP contribution < -0.4 is 20.1 Å². The van der Waals surface area contributed by atoms with E-state index < -0.39 is 12.2 Å². The molecular formula is C24H31N3O4. The highest BCUT2D eigenvalue weighted by atomic mass is 16.5. The van der Waals surface area contributed by atoms with Crippen molar-refractivity contribution < 1.29 is 19.4 Å². The number of hydrogen-bond donors (Lipinski definition) is 3. The first-order valence-corrected chi connectivity index (χ1v) is 11.1. The number of hydrogen-bond acceptors (Lipinski definition) is 6. The zero-order chi connectivity index (χ0) is 21.6. The van der Waals surface area contributed by atoms with E-state index in [4.69, 9.17) is 9.47 Å². The first kappa shape index (κ1) is 21.6. The van der Waals surface area contributed by atoms with E-state index in [1.165, 1.54) is 5.56 Å². The van der Waals surface area contributed by atoms with E-state index in [-0.39, 0.29) is 18.6 Å². The highest BCUT2D eigenvalue weighted by molar-refractivity contribution is 5.82. The van der Waals surface area contributed by atoms with Crippen molar-refractivity contribution in [3.63, 3.8) is 0 Å². The summed E-state index contributed by atoms with van der Waals surface area (Å²) in [4.78, 5) is 16.6. The van der Waals surface area contributed by atoms with Crippen molar-refractivity contribution in [2.75, 3.05) is 13.2 Å². The Bertz CT molecular complexity index is 840. The van der Waals surface area contributed by atoms with Gasteiger partial charge in [0.1, 0.15) is 24.2 Å². The molecule has 2 atom stereocenters. The van der Waals surface area contributed by atoms with Crippen LogP contribution in [-0.4, -0.2) is 53.4 Å². The molecule has 2 aromatic rings. The Labute approximate surface area is 183 Å². The van der Waals surface area contributed by atoms with Crippen LogP contribution >= 0.6 is 0 Å². The van der Waals surface area contributed by atoms with Gasteiger partial charge in [-0.1, -0.05) is 17.7 Å². The third-order valence-corrected chi connectivity index (χ3v) is 6.02. The molecule has 2 aliphatic rings. The Morgan fingerprint density at radius 3 is 2.68 bits per heavy atom. The largest absolute Gasteiger partial charge is 0.491 e. The molecule has 7 heteroatoms. The van der Waals surface area contributed by atoms with E-state index in [9.17, 15) is 9.90 Å². The zero-order valence-corrected chi connectivity index (χ0v) is 17.9. The second kappa shape index (κ2) is 10.1. The highest BCUT2D eigenvalue weighted by Gasteiger charge is 2.31. The highest BCUT2D eigenvalue weighted by Crippen LogP contribution is 2.27. The number of carbonyl (C=O) groups is 1. The second-order valence-corrected chi connectivity index (χ2v) is 8.54. The van der Waals surface area contributed by atoms with Gasteiger partial charge in [0.2, 0.25) is 0 Å². The fraction of sp³-hybridized carbons (Fsp3) is 0.500. The van der Waals surface area contributed by atoms with Crippen LogP contribution in [0.15, 0.2) is 42.7 Å². The molecule has 166 valence electrons. The van der Waals surface area contributed by atoms with E-state index in [0.717, 1.165) is 37.0 Å². The van der Waals surface area contributed by atoms with Gasteiger partial charge in [0.15, 0.2) is 6.10 Å². The smallest absolute Gasteiger partial charge is 0.261 e. The molecule has 1 aliphatic heterocycles. The van der Waals surface area contributed by atoms with Crippen LogP contribution in [0.4, 0.5) is 0 Å². The first-order chi connectivity index (χ1) is 15.1. The van der Waals surface area contributed by atoms with Crippen molar-refractivity contribution in [2.24, 2.45) is 0 Å². The van der Waals surface area contributed by atoms with Gasteiger partial charge in [0.05, 0.1) is 6.20 Å². The summed E-state index contributed by atoms with van der Waals surface area (Å²) in [6.07, 6.45) is 6.73. The lowest BCUT2D eigenvalue weighted by Gasteiger charge is -2.30. The molecule has 2 unspecified atom stereocenters. The summed E-state index contributed by atoms with van der Waals surface area (Å²) in [5.74, 6) is 1.43. The average Bonchev–Trinajstić information content (AvgIpc) is 3.23. The number of rotatable bonds is 8. The summed E-state index contributed by atoms with van der Waals surface area (Å²) in [6.45, 7) is 2.79. The minimum atomic E-state index is -0.561. The number of aromatic nitrogens is 1. The summed E-state index contributed by atoms with van der Waals surface area (Å²) >= 11 is 0. The fourth-order valence-electron chi connectivity index (χ4n) is 4.15. The maximum absolute atomic E-state index is 12.6. The molecule has 4 rings (SSSR count). The number of carbonyl (C=O) groups excluding carboxylic acids is 1. The maximum Gasteiger partial charge on any atom is 0.261 e. The zero-order valence-electron chi connectivity index (χ0n) is 17.9. The van der Waals surface area contributed by atoms with Gasteiger partial charge in [-0.25, -0.2) is 0 Å². The molecule has 1 aromatic heterocycles. The Morgan fingerprint density at radius 1 is 1.19 bits per heavy atom. The summed E-state index contributed by atoms with van der Waals surface area (Å²) < 4.78 is 11.4. The van der Waals surface area contributed by atoms with E-state index in [1.54, 1.807) is 12.4 Å². The monoisotopic (exact) mass is 425 g/mol. The van der Waals surface area contributed by atoms with Gasteiger partial charge in [-0.2, -0.15) is 0 Å². The predicted octanol–water partition coefficient (Wildman–Crippen LogP) is 2.15. The molecule has 0 saturated heterocycles. The lowest BCUT2D eigenvalue weighted by Crippen LogP contribution is -2.47. The Morgan fingerprint density at radius 2 is 1.94 bits per heavy atom. The number of pyridine rings is 1. The third-order valence-electron chi connectivity index (χ3n) is 6.02. The molecule has 1 aliphatic carbocycles. The molecule has 1 amide bonds. The van der Waals surface area contributed by atoms with Crippen molar-refractivity contribution in [1.82, 2.24) is 15.6 Å². The lowest BCUT2D eigenvalue weighted by molar-refractivity contribution is -0.128. The van der Waals surface area contributed by atoms with Crippen molar-refractivity contribution in [1.29, 1.82) is 0 Å². The van der Waals surface area contributed by atoms with Gasteiger partial charge in [-0.15, -0.1) is 0 Å². The number of aryl methyl sites for hydroxylation is 1. The predicted molar refractivity (Wildman–Crippen MR) is 117 cm³/mol. The van der Waals surface area contributed by atoms with Crippen LogP contribution in [-0.2, 0) is 11.2 Å². The van der Waals surface area contributed by atoms with E-state index in [1.807, 2.05) is 37.3 Å². The molecular weight excluding hydrogens is 394 g/mol. The standard InChI is InChI=1S/C24H31N3O4/c1-16-2-8-21(9-3-16)30-15-20(28)13-26-18-4-6-19(7-5-18)27-24(29)22-12-17-10-11-25-14-23(17)31-22/h2-3,8-11,14,18-20,22,26,28H,4-7,12-13,15H2,1H3,(H,27,29). The fourth-order valence-corrected chi connectivity index (χ4v) is 4.15. The molecule has 1 fully saturated rings. The summed E-state index contributed by atoms with van der Waals surface area (Å²) in [7, 11) is 0. The van der Waals surface area contributed by atoms with Crippen LogP contribution in [0.5, 0.6) is 11.5 Å². The molecule has 0 radical (unpaired) electrons. The Hall–Kier alpha value is -2.64.